The normalized spacial score (nSPS) is 13.9. The average molecular weight is 429 g/mol. The molecule has 0 aliphatic rings. The number of unbranched alkanes of at least 4 members (excludes halogenated alkanes) is 11. The van der Waals surface area contributed by atoms with Crippen molar-refractivity contribution < 1.29 is 47.6 Å². The van der Waals surface area contributed by atoms with Gasteiger partial charge in [-0.25, -0.2) is 8.42 Å². The molecular weight excluding hydrogens is 383 g/mol. The van der Waals surface area contributed by atoms with Crippen LogP contribution in [0.2, 0.25) is 0 Å². The molecule has 0 fully saturated rings. The first kappa shape index (κ1) is 31.1. The molecule has 0 amide bonds. The zero-order valence-corrected chi connectivity index (χ0v) is 21.8. The molecule has 0 rings (SSSR count). The molecule has 0 saturated carbocycles. The first-order valence-electron chi connectivity index (χ1n) is 11.5. The van der Waals surface area contributed by atoms with E-state index >= 15 is 0 Å². The number of hydrogen-bond donors (Lipinski definition) is 1. The second-order valence-corrected chi connectivity index (χ2v) is 9.82. The van der Waals surface area contributed by atoms with Gasteiger partial charge in [-0.3, -0.25) is 0 Å². The summed E-state index contributed by atoms with van der Waals surface area (Å²) in [6.07, 6.45) is 18.0. The summed E-state index contributed by atoms with van der Waals surface area (Å²) in [5.74, 6) is 0. The predicted molar refractivity (Wildman–Crippen MR) is 114 cm³/mol. The molecule has 28 heavy (non-hydrogen) atoms. The fourth-order valence-electron chi connectivity index (χ4n) is 3.70. The fraction of sp³-hybridized carbons (Fsp3) is 1.00. The molecule has 2 unspecified atom stereocenters. The summed E-state index contributed by atoms with van der Waals surface area (Å²) in [6.45, 7) is 4.29. The molecule has 0 heterocycles. The van der Waals surface area contributed by atoms with Crippen LogP contribution in [0, 0.1) is 0 Å². The number of aliphatic hydroxyl groups excluding tert-OH is 1. The molecule has 0 radical (unpaired) electrons. The van der Waals surface area contributed by atoms with Crippen molar-refractivity contribution in [2.75, 3.05) is 0 Å². The number of aliphatic hydroxyl groups is 1. The third-order valence-electron chi connectivity index (χ3n) is 5.47. The Morgan fingerprint density at radius 2 is 1.04 bits per heavy atom. The van der Waals surface area contributed by atoms with E-state index in [1.54, 1.807) is 0 Å². The minimum atomic E-state index is -4.18. The summed E-state index contributed by atoms with van der Waals surface area (Å²) >= 11 is 0. The molecule has 0 spiro atoms. The summed E-state index contributed by atoms with van der Waals surface area (Å²) in [5.41, 5.74) is 0. The van der Waals surface area contributed by atoms with Gasteiger partial charge in [0.1, 0.15) is 0 Å². The zero-order chi connectivity index (χ0) is 20.4. The van der Waals surface area contributed by atoms with Crippen LogP contribution >= 0.6 is 0 Å². The minimum Gasteiger partial charge on any atom is -0.748 e. The van der Waals surface area contributed by atoms with Crippen molar-refractivity contribution in [1.82, 2.24) is 0 Å². The first-order chi connectivity index (χ1) is 12.9. The van der Waals surface area contributed by atoms with Crippen LogP contribution in [-0.2, 0) is 10.1 Å². The van der Waals surface area contributed by atoms with E-state index in [1.807, 2.05) is 0 Å². The molecule has 6 heteroatoms. The Labute approximate surface area is 197 Å². The number of rotatable bonds is 20. The Morgan fingerprint density at radius 1 is 0.643 bits per heavy atom. The van der Waals surface area contributed by atoms with E-state index < -0.39 is 15.4 Å². The number of hydrogen-bond acceptors (Lipinski definition) is 4. The molecular formula is C22H45NaO4S. The van der Waals surface area contributed by atoms with Gasteiger partial charge in [-0.15, -0.1) is 0 Å². The third kappa shape index (κ3) is 20.2. The second kappa shape index (κ2) is 21.1. The van der Waals surface area contributed by atoms with Crippen LogP contribution in [-0.4, -0.2) is 29.4 Å². The smallest absolute Gasteiger partial charge is 0.748 e. The fourth-order valence-corrected chi connectivity index (χ4v) is 4.61. The van der Waals surface area contributed by atoms with Gasteiger partial charge in [-0.05, 0) is 25.7 Å². The topological polar surface area (TPSA) is 77.4 Å². The van der Waals surface area contributed by atoms with Crippen molar-refractivity contribution >= 4 is 10.1 Å². The predicted octanol–water partition coefficient (Wildman–Crippen LogP) is 3.33. The van der Waals surface area contributed by atoms with Crippen molar-refractivity contribution in [2.24, 2.45) is 0 Å². The van der Waals surface area contributed by atoms with Gasteiger partial charge in [0.15, 0.2) is 0 Å². The third-order valence-corrected chi connectivity index (χ3v) is 6.76. The van der Waals surface area contributed by atoms with Crippen LogP contribution in [0.15, 0.2) is 0 Å². The molecule has 0 aliphatic carbocycles. The summed E-state index contributed by atoms with van der Waals surface area (Å²) in [4.78, 5) is 0. The Balaban J connectivity index is 0. The molecule has 1 N–H and O–H groups in total. The summed E-state index contributed by atoms with van der Waals surface area (Å²) in [5, 5.41) is 8.99. The Bertz CT molecular complexity index is 415. The monoisotopic (exact) mass is 428 g/mol. The van der Waals surface area contributed by atoms with Gasteiger partial charge < -0.3 is 9.66 Å². The molecule has 0 bridgehead atoms. The van der Waals surface area contributed by atoms with Gasteiger partial charge >= 0.3 is 29.6 Å². The van der Waals surface area contributed by atoms with E-state index in [4.69, 9.17) is 0 Å². The van der Waals surface area contributed by atoms with Gasteiger partial charge in [0.25, 0.3) is 0 Å². The molecule has 0 saturated heterocycles. The van der Waals surface area contributed by atoms with Crippen molar-refractivity contribution in [3.05, 3.63) is 0 Å². The van der Waals surface area contributed by atoms with E-state index in [0.717, 1.165) is 64.2 Å². The van der Waals surface area contributed by atoms with Gasteiger partial charge in [0.05, 0.1) is 16.2 Å². The molecule has 0 aromatic carbocycles. The maximum Gasteiger partial charge on any atom is 1.00 e. The average Bonchev–Trinajstić information content (AvgIpc) is 2.60. The van der Waals surface area contributed by atoms with E-state index in [1.165, 1.54) is 38.5 Å². The van der Waals surface area contributed by atoms with Crippen LogP contribution in [0.4, 0.5) is 0 Å². The molecule has 0 aliphatic heterocycles. The Kier molecular flexibility index (Phi) is 23.4. The molecule has 0 aromatic rings. The Morgan fingerprint density at radius 3 is 1.43 bits per heavy atom. The minimum absolute atomic E-state index is 0. The summed E-state index contributed by atoms with van der Waals surface area (Å²) < 4.78 is 34.5. The zero-order valence-electron chi connectivity index (χ0n) is 19.0. The van der Waals surface area contributed by atoms with Crippen LogP contribution in [0.25, 0.3) is 0 Å². The standard InChI is InChI=1S/C22H46O4S.Na/c1-3-5-6-7-8-9-10-11-15-19-22(27(24,25)26)20-16-13-12-14-18-21(23)17-4-2;/h21-23H,3-20H2,1-2H3,(H,24,25,26);/q;+1/p-1. The molecule has 0 aromatic heterocycles. The van der Waals surface area contributed by atoms with E-state index in [2.05, 4.69) is 13.8 Å². The van der Waals surface area contributed by atoms with Gasteiger partial charge in [-0.2, -0.15) is 0 Å². The van der Waals surface area contributed by atoms with Crippen LogP contribution < -0.4 is 29.6 Å². The first-order valence-corrected chi connectivity index (χ1v) is 13.0. The summed E-state index contributed by atoms with van der Waals surface area (Å²) in [6, 6.07) is 0. The van der Waals surface area contributed by atoms with Crippen molar-refractivity contribution in [1.29, 1.82) is 0 Å². The maximum absolute atomic E-state index is 11.5. The molecule has 4 nitrogen and oxygen atoms in total. The van der Waals surface area contributed by atoms with Gasteiger partial charge in [-0.1, -0.05) is 104 Å². The van der Waals surface area contributed by atoms with Crippen LogP contribution in [0.3, 0.4) is 0 Å². The van der Waals surface area contributed by atoms with E-state index in [9.17, 15) is 18.1 Å². The van der Waals surface area contributed by atoms with Crippen molar-refractivity contribution in [2.45, 2.75) is 141 Å². The van der Waals surface area contributed by atoms with Gasteiger partial charge in [0.2, 0.25) is 0 Å². The van der Waals surface area contributed by atoms with Crippen molar-refractivity contribution in [3.8, 4) is 0 Å². The molecule has 2 atom stereocenters. The quantitative estimate of drug-likeness (QED) is 0.183. The Hall–Kier alpha value is 0.870. The SMILES string of the molecule is CCCCCCCCCCCC(CCCCCCC(O)CCC)S(=O)(=O)[O-].[Na+]. The van der Waals surface area contributed by atoms with Crippen molar-refractivity contribution in [3.63, 3.8) is 0 Å². The molecule has 164 valence electrons. The van der Waals surface area contributed by atoms with E-state index in [0.29, 0.717) is 12.8 Å². The van der Waals surface area contributed by atoms with Gasteiger partial charge in [0, 0.05) is 5.25 Å². The maximum atomic E-state index is 11.5. The van der Waals surface area contributed by atoms with Crippen LogP contribution in [0.1, 0.15) is 129 Å². The van der Waals surface area contributed by atoms with E-state index in [-0.39, 0.29) is 35.7 Å². The largest absolute Gasteiger partial charge is 1.00 e. The summed E-state index contributed by atoms with van der Waals surface area (Å²) in [7, 11) is -4.18. The second-order valence-electron chi connectivity index (χ2n) is 8.17. The van der Waals surface area contributed by atoms with Crippen LogP contribution in [0.5, 0.6) is 0 Å².